The van der Waals surface area contributed by atoms with Crippen molar-refractivity contribution in [2.75, 3.05) is 12.9 Å². The number of thioether (sulfide) groups is 1. The minimum Gasteiger partial charge on any atom is -0.475 e. The maximum atomic E-state index is 14.2. The first-order valence-corrected chi connectivity index (χ1v) is 7.21. The molecule has 0 spiro atoms. The summed E-state index contributed by atoms with van der Waals surface area (Å²) < 4.78 is 20.4. The number of aliphatic imine (C=N–C) groups is 1. The van der Waals surface area contributed by atoms with Gasteiger partial charge in [0.15, 0.2) is 5.82 Å². The minimum atomic E-state index is -0.275. The summed E-state index contributed by atoms with van der Waals surface area (Å²) in [5, 5.41) is 0. The second-order valence-corrected chi connectivity index (χ2v) is 6.13. The highest BCUT2D eigenvalue weighted by Crippen LogP contribution is 2.32. The normalized spacial score (nSPS) is 17.8. The van der Waals surface area contributed by atoms with Gasteiger partial charge in [0, 0.05) is 4.47 Å². The molecule has 0 saturated heterocycles. The Labute approximate surface area is 113 Å². The van der Waals surface area contributed by atoms with E-state index < -0.39 is 0 Å². The predicted molar refractivity (Wildman–Crippen MR) is 72.4 cm³/mol. The van der Waals surface area contributed by atoms with E-state index in [9.17, 15) is 4.39 Å². The van der Waals surface area contributed by atoms with Crippen molar-refractivity contribution in [3.05, 3.63) is 28.0 Å². The van der Waals surface area contributed by atoms with Crippen molar-refractivity contribution in [2.24, 2.45) is 4.99 Å². The van der Waals surface area contributed by atoms with E-state index in [-0.39, 0.29) is 11.4 Å². The van der Waals surface area contributed by atoms with Gasteiger partial charge in [-0.25, -0.2) is 9.38 Å². The molecule has 2 nitrogen and oxygen atoms in total. The molecule has 0 radical (unpaired) electrons. The van der Waals surface area contributed by atoms with Crippen LogP contribution in [0.25, 0.3) is 0 Å². The molecular weight excluding hydrogens is 305 g/mol. The van der Waals surface area contributed by atoms with Gasteiger partial charge in [0.2, 0.25) is 5.90 Å². The molecule has 0 aromatic heterocycles. The average Bonchev–Trinajstić information content (AvgIpc) is 2.59. The third-order valence-electron chi connectivity index (χ3n) is 2.45. The Kier molecular flexibility index (Phi) is 3.50. The Morgan fingerprint density at radius 1 is 1.47 bits per heavy atom. The van der Waals surface area contributed by atoms with Gasteiger partial charge < -0.3 is 4.74 Å². The third-order valence-corrected chi connectivity index (χ3v) is 4.18. The van der Waals surface area contributed by atoms with E-state index >= 15 is 0 Å². The second kappa shape index (κ2) is 4.61. The van der Waals surface area contributed by atoms with E-state index in [0.717, 1.165) is 4.47 Å². The summed E-state index contributed by atoms with van der Waals surface area (Å²) in [6, 6.07) is 3.51. The third kappa shape index (κ3) is 2.50. The molecule has 0 unspecified atom stereocenters. The van der Waals surface area contributed by atoms with E-state index in [1.807, 2.05) is 26.2 Å². The Morgan fingerprint density at radius 2 is 2.18 bits per heavy atom. The molecule has 1 aliphatic heterocycles. The molecule has 1 aromatic rings. The summed E-state index contributed by atoms with van der Waals surface area (Å²) in [5.74, 6) is 0.124. The van der Waals surface area contributed by atoms with Crippen LogP contribution in [0.15, 0.2) is 26.5 Å². The van der Waals surface area contributed by atoms with Crippen molar-refractivity contribution in [1.82, 2.24) is 0 Å². The van der Waals surface area contributed by atoms with Crippen LogP contribution in [-0.2, 0) is 4.74 Å². The first-order chi connectivity index (χ1) is 7.94. The lowest BCUT2D eigenvalue weighted by Gasteiger charge is -2.08. The number of hydrogen-bond acceptors (Lipinski definition) is 3. The molecule has 2 rings (SSSR count). The lowest BCUT2D eigenvalue weighted by Crippen LogP contribution is -2.17. The van der Waals surface area contributed by atoms with Gasteiger partial charge in [0.1, 0.15) is 6.61 Å². The topological polar surface area (TPSA) is 21.6 Å². The van der Waals surface area contributed by atoms with Crippen molar-refractivity contribution in [1.29, 1.82) is 0 Å². The molecule has 0 atom stereocenters. The Morgan fingerprint density at radius 3 is 2.71 bits per heavy atom. The van der Waals surface area contributed by atoms with E-state index in [4.69, 9.17) is 4.74 Å². The highest BCUT2D eigenvalue weighted by molar-refractivity contribution is 9.10. The lowest BCUT2D eigenvalue weighted by atomic mass is 10.1. The van der Waals surface area contributed by atoms with Gasteiger partial charge >= 0.3 is 0 Å². The van der Waals surface area contributed by atoms with E-state index in [2.05, 4.69) is 20.9 Å². The molecule has 1 heterocycles. The van der Waals surface area contributed by atoms with Gasteiger partial charge in [0.05, 0.1) is 16.0 Å². The smallest absolute Gasteiger partial charge is 0.219 e. The molecule has 0 fully saturated rings. The van der Waals surface area contributed by atoms with Crippen LogP contribution >= 0.6 is 27.7 Å². The van der Waals surface area contributed by atoms with Gasteiger partial charge in [-0.05, 0) is 48.2 Å². The van der Waals surface area contributed by atoms with Crippen molar-refractivity contribution < 1.29 is 9.13 Å². The molecule has 92 valence electrons. The van der Waals surface area contributed by atoms with Crippen LogP contribution < -0.4 is 0 Å². The number of nitrogens with zero attached hydrogens (tertiary/aromatic N) is 1. The predicted octanol–water partition coefficient (Wildman–Crippen LogP) is 3.87. The summed E-state index contributed by atoms with van der Waals surface area (Å²) in [5.41, 5.74) is 0.164. The zero-order valence-corrected chi connectivity index (χ0v) is 12.3. The number of hydrogen-bond donors (Lipinski definition) is 0. The molecule has 1 aromatic carbocycles. The summed E-state index contributed by atoms with van der Waals surface area (Å²) >= 11 is 4.69. The maximum Gasteiger partial charge on any atom is 0.219 e. The van der Waals surface area contributed by atoms with Crippen LogP contribution in [0.1, 0.15) is 19.4 Å². The largest absolute Gasteiger partial charge is 0.475 e. The molecule has 0 saturated carbocycles. The van der Waals surface area contributed by atoms with E-state index in [1.165, 1.54) is 11.8 Å². The Hall–Kier alpha value is -0.550. The van der Waals surface area contributed by atoms with Crippen molar-refractivity contribution in [2.45, 2.75) is 24.3 Å². The first kappa shape index (κ1) is 12.9. The number of rotatable bonds is 2. The highest BCUT2D eigenvalue weighted by Gasteiger charge is 2.29. The molecule has 0 N–H and O–H groups in total. The quantitative estimate of drug-likeness (QED) is 0.772. The SMILES string of the molecule is CSc1c(Br)ccc(C2=NC(C)(C)CO2)c1F. The summed E-state index contributed by atoms with van der Waals surface area (Å²) in [6.07, 6.45) is 1.84. The fraction of sp³-hybridized carbons (Fsp3) is 0.417. The van der Waals surface area contributed by atoms with E-state index in [0.29, 0.717) is 23.0 Å². The van der Waals surface area contributed by atoms with Crippen molar-refractivity contribution >= 4 is 33.6 Å². The van der Waals surface area contributed by atoms with Gasteiger partial charge in [0.25, 0.3) is 0 Å². The molecule has 17 heavy (non-hydrogen) atoms. The first-order valence-electron chi connectivity index (χ1n) is 5.19. The monoisotopic (exact) mass is 317 g/mol. The highest BCUT2D eigenvalue weighted by atomic mass is 79.9. The lowest BCUT2D eigenvalue weighted by molar-refractivity contribution is 0.278. The van der Waals surface area contributed by atoms with Gasteiger partial charge in [-0.15, -0.1) is 11.8 Å². The summed E-state index contributed by atoms with van der Waals surface area (Å²) in [6.45, 7) is 4.42. The molecular formula is C12H13BrFNOS. The van der Waals surface area contributed by atoms with Crippen LogP contribution in [0.2, 0.25) is 0 Å². The number of benzene rings is 1. The summed E-state index contributed by atoms with van der Waals surface area (Å²) in [4.78, 5) is 4.97. The number of halogens is 2. The van der Waals surface area contributed by atoms with Gasteiger partial charge in [-0.1, -0.05) is 0 Å². The van der Waals surface area contributed by atoms with Crippen LogP contribution in [0, 0.1) is 5.82 Å². The van der Waals surface area contributed by atoms with Crippen LogP contribution in [0.5, 0.6) is 0 Å². The fourth-order valence-electron chi connectivity index (χ4n) is 1.61. The van der Waals surface area contributed by atoms with E-state index in [1.54, 1.807) is 6.07 Å². The van der Waals surface area contributed by atoms with Crippen molar-refractivity contribution in [3.63, 3.8) is 0 Å². The molecule has 0 aliphatic carbocycles. The molecule has 0 bridgehead atoms. The zero-order chi connectivity index (χ0) is 12.6. The van der Waals surface area contributed by atoms with Gasteiger partial charge in [-0.3, -0.25) is 0 Å². The fourth-order valence-corrected chi connectivity index (χ4v) is 2.95. The maximum absolute atomic E-state index is 14.2. The second-order valence-electron chi connectivity index (χ2n) is 4.46. The Balaban J connectivity index is 2.48. The van der Waals surface area contributed by atoms with Crippen molar-refractivity contribution in [3.8, 4) is 0 Å². The van der Waals surface area contributed by atoms with Crippen LogP contribution in [0.3, 0.4) is 0 Å². The Bertz CT molecular complexity index is 488. The standard InChI is InChI=1S/C12H13BrFNOS/c1-12(2)6-16-11(15-12)7-4-5-8(13)10(17-3)9(7)14/h4-5H,6H2,1-3H3. The summed E-state index contributed by atoms with van der Waals surface area (Å²) in [7, 11) is 0. The molecule has 1 aliphatic rings. The average molecular weight is 318 g/mol. The zero-order valence-electron chi connectivity index (χ0n) is 9.88. The minimum absolute atomic E-state index is 0.269. The molecule has 5 heteroatoms. The van der Waals surface area contributed by atoms with Crippen LogP contribution in [-0.4, -0.2) is 24.3 Å². The molecule has 0 amide bonds. The van der Waals surface area contributed by atoms with Crippen LogP contribution in [0.4, 0.5) is 4.39 Å². The van der Waals surface area contributed by atoms with Gasteiger partial charge in [-0.2, -0.15) is 0 Å². The number of ether oxygens (including phenoxy) is 1.